The highest BCUT2D eigenvalue weighted by Gasteiger charge is 2.31. The number of fused-ring (bicyclic) bond motifs is 2. The van der Waals surface area contributed by atoms with Crippen molar-refractivity contribution in [3.63, 3.8) is 0 Å². The number of amides is 1. The molecular weight excluding hydrogens is 306 g/mol. The number of hydrogen-bond donors (Lipinski definition) is 1. The Morgan fingerprint density at radius 1 is 1.29 bits per heavy atom. The molecule has 0 bridgehead atoms. The fourth-order valence-corrected chi connectivity index (χ4v) is 3.09. The van der Waals surface area contributed by atoms with Crippen molar-refractivity contribution in [1.82, 2.24) is 24.7 Å². The fraction of sp³-hybridized carbons (Fsp3) is 0.353. The minimum atomic E-state index is -0.126. The Labute approximate surface area is 138 Å². The van der Waals surface area contributed by atoms with Crippen LogP contribution in [0, 0.1) is 0 Å². The molecule has 1 amide bonds. The predicted molar refractivity (Wildman–Crippen MR) is 87.0 cm³/mol. The van der Waals surface area contributed by atoms with Gasteiger partial charge in [0.2, 0.25) is 5.88 Å². The third-order valence-corrected chi connectivity index (χ3v) is 4.47. The van der Waals surface area contributed by atoms with Gasteiger partial charge < -0.3 is 10.1 Å². The van der Waals surface area contributed by atoms with Crippen LogP contribution < -0.4 is 10.1 Å². The summed E-state index contributed by atoms with van der Waals surface area (Å²) in [6.07, 6.45) is 6.66. The highest BCUT2D eigenvalue weighted by molar-refractivity contribution is 6.00. The molecule has 2 aliphatic rings. The van der Waals surface area contributed by atoms with E-state index in [-0.39, 0.29) is 5.91 Å². The number of nitrogens with one attached hydrogen (secondary N) is 1. The van der Waals surface area contributed by atoms with Crippen LogP contribution in [-0.4, -0.2) is 38.0 Å². The quantitative estimate of drug-likeness (QED) is 0.798. The lowest BCUT2D eigenvalue weighted by Gasteiger charge is -2.16. The van der Waals surface area contributed by atoms with Gasteiger partial charge in [-0.15, -0.1) is 0 Å². The molecule has 3 aromatic heterocycles. The standard InChI is InChI=1S/C17H17N5O2/c23-16(19-12-3-4-12)15-14(17-21(20-15)8-1-9-24-17)11-2-5-13-6-7-18-22(13)10-11/h2,5-7,10,12H,1,3-4,8-9H2,(H,19,23). The topological polar surface area (TPSA) is 73.5 Å². The second-order valence-corrected chi connectivity index (χ2v) is 6.32. The summed E-state index contributed by atoms with van der Waals surface area (Å²) < 4.78 is 9.44. The van der Waals surface area contributed by atoms with Crippen LogP contribution in [0.2, 0.25) is 0 Å². The monoisotopic (exact) mass is 323 g/mol. The first kappa shape index (κ1) is 13.6. The molecule has 24 heavy (non-hydrogen) atoms. The first-order valence-electron chi connectivity index (χ1n) is 8.28. The first-order valence-corrected chi connectivity index (χ1v) is 8.28. The molecule has 0 aromatic carbocycles. The van der Waals surface area contributed by atoms with Crippen LogP contribution in [0.1, 0.15) is 29.8 Å². The maximum atomic E-state index is 12.7. The van der Waals surface area contributed by atoms with Crippen LogP contribution in [0.5, 0.6) is 5.88 Å². The summed E-state index contributed by atoms with van der Waals surface area (Å²) >= 11 is 0. The third-order valence-electron chi connectivity index (χ3n) is 4.47. The number of aromatic nitrogens is 4. The summed E-state index contributed by atoms with van der Waals surface area (Å²) in [6.45, 7) is 1.41. The number of pyridine rings is 1. The Morgan fingerprint density at radius 2 is 2.21 bits per heavy atom. The van der Waals surface area contributed by atoms with Gasteiger partial charge in [0.05, 0.1) is 17.7 Å². The number of nitrogens with zero attached hydrogens (tertiary/aromatic N) is 4. The Balaban J connectivity index is 1.66. The van der Waals surface area contributed by atoms with E-state index in [1.54, 1.807) is 15.4 Å². The van der Waals surface area contributed by atoms with Crippen LogP contribution in [0.4, 0.5) is 0 Å². The van der Waals surface area contributed by atoms with E-state index in [0.29, 0.717) is 24.2 Å². The van der Waals surface area contributed by atoms with Gasteiger partial charge in [0.25, 0.3) is 5.91 Å². The summed E-state index contributed by atoms with van der Waals surface area (Å²) in [5.74, 6) is 0.548. The molecule has 1 aliphatic heterocycles. The summed E-state index contributed by atoms with van der Waals surface area (Å²) in [5, 5.41) is 11.8. The number of aryl methyl sites for hydroxylation is 1. The Kier molecular flexibility index (Phi) is 2.88. The molecule has 1 saturated carbocycles. The third kappa shape index (κ3) is 2.16. The number of ether oxygens (including phenoxy) is 1. The Hall–Kier alpha value is -2.83. The maximum absolute atomic E-state index is 12.7. The molecule has 0 atom stereocenters. The summed E-state index contributed by atoms with van der Waals surface area (Å²) in [4.78, 5) is 12.7. The second-order valence-electron chi connectivity index (χ2n) is 6.32. The van der Waals surface area contributed by atoms with E-state index >= 15 is 0 Å². The zero-order valence-electron chi connectivity index (χ0n) is 13.1. The molecule has 7 nitrogen and oxygen atoms in total. The van der Waals surface area contributed by atoms with E-state index in [1.807, 2.05) is 24.4 Å². The van der Waals surface area contributed by atoms with E-state index in [0.717, 1.165) is 42.5 Å². The van der Waals surface area contributed by atoms with Crippen molar-refractivity contribution in [3.05, 3.63) is 36.3 Å². The highest BCUT2D eigenvalue weighted by Crippen LogP contribution is 2.36. The van der Waals surface area contributed by atoms with Crippen molar-refractivity contribution in [3.8, 4) is 17.0 Å². The van der Waals surface area contributed by atoms with Gasteiger partial charge in [-0.05, 0) is 25.0 Å². The first-order chi connectivity index (χ1) is 11.8. The smallest absolute Gasteiger partial charge is 0.272 e. The normalized spacial score (nSPS) is 16.7. The van der Waals surface area contributed by atoms with Gasteiger partial charge >= 0.3 is 0 Å². The predicted octanol–water partition coefficient (Wildman–Crippen LogP) is 1.87. The van der Waals surface area contributed by atoms with Crippen LogP contribution in [0.15, 0.2) is 30.6 Å². The lowest BCUT2D eigenvalue weighted by molar-refractivity contribution is 0.0945. The average molecular weight is 323 g/mol. The number of carbonyl (C=O) groups excluding carboxylic acids is 1. The highest BCUT2D eigenvalue weighted by atomic mass is 16.5. The van der Waals surface area contributed by atoms with Crippen molar-refractivity contribution in [2.75, 3.05) is 6.61 Å². The van der Waals surface area contributed by atoms with Gasteiger partial charge in [-0.25, -0.2) is 9.20 Å². The number of rotatable bonds is 3. The SMILES string of the molecule is O=C(NC1CC1)c1nn2c(c1-c1ccc3ccnn3c1)OCCC2. The van der Waals surface area contributed by atoms with Gasteiger partial charge in [-0.2, -0.15) is 10.2 Å². The molecule has 5 rings (SSSR count). The lowest BCUT2D eigenvalue weighted by atomic mass is 10.1. The van der Waals surface area contributed by atoms with Crippen molar-refractivity contribution in [2.24, 2.45) is 0 Å². The summed E-state index contributed by atoms with van der Waals surface area (Å²) in [7, 11) is 0. The fourth-order valence-electron chi connectivity index (χ4n) is 3.09. The van der Waals surface area contributed by atoms with Gasteiger partial charge in [0, 0.05) is 37.0 Å². The van der Waals surface area contributed by atoms with Crippen molar-refractivity contribution >= 4 is 11.4 Å². The Bertz CT molecular complexity index is 938. The van der Waals surface area contributed by atoms with Gasteiger partial charge in [0.1, 0.15) is 0 Å². The van der Waals surface area contributed by atoms with E-state index in [1.165, 1.54) is 0 Å². The molecule has 4 heterocycles. The zero-order valence-corrected chi connectivity index (χ0v) is 13.1. The second kappa shape index (κ2) is 5.09. The van der Waals surface area contributed by atoms with Crippen molar-refractivity contribution < 1.29 is 9.53 Å². The molecule has 122 valence electrons. The van der Waals surface area contributed by atoms with Crippen LogP contribution >= 0.6 is 0 Å². The van der Waals surface area contributed by atoms with Gasteiger partial charge in [-0.1, -0.05) is 6.07 Å². The van der Waals surface area contributed by atoms with Crippen LogP contribution in [-0.2, 0) is 6.54 Å². The van der Waals surface area contributed by atoms with Crippen LogP contribution in [0.25, 0.3) is 16.6 Å². The number of hydrogen-bond acceptors (Lipinski definition) is 4. The molecule has 7 heteroatoms. The minimum Gasteiger partial charge on any atom is -0.477 e. The molecule has 3 aromatic rings. The van der Waals surface area contributed by atoms with E-state index in [4.69, 9.17) is 4.74 Å². The summed E-state index contributed by atoms with van der Waals surface area (Å²) in [5.41, 5.74) is 3.08. The van der Waals surface area contributed by atoms with E-state index < -0.39 is 0 Å². The van der Waals surface area contributed by atoms with Gasteiger partial charge in [-0.3, -0.25) is 4.79 Å². The molecule has 1 aliphatic carbocycles. The van der Waals surface area contributed by atoms with Crippen molar-refractivity contribution in [2.45, 2.75) is 31.8 Å². The molecule has 0 unspecified atom stereocenters. The van der Waals surface area contributed by atoms with Crippen molar-refractivity contribution in [1.29, 1.82) is 0 Å². The number of carbonyl (C=O) groups is 1. The molecule has 0 saturated heterocycles. The van der Waals surface area contributed by atoms with Gasteiger partial charge in [0.15, 0.2) is 5.69 Å². The molecule has 0 spiro atoms. The molecule has 1 N–H and O–H groups in total. The van der Waals surface area contributed by atoms with E-state index in [9.17, 15) is 4.79 Å². The molecular formula is C17H17N5O2. The lowest BCUT2D eigenvalue weighted by Crippen LogP contribution is -2.26. The zero-order chi connectivity index (χ0) is 16.1. The molecule has 0 radical (unpaired) electrons. The van der Waals surface area contributed by atoms with Crippen LogP contribution in [0.3, 0.4) is 0 Å². The summed E-state index contributed by atoms with van der Waals surface area (Å²) in [6, 6.07) is 6.20. The van der Waals surface area contributed by atoms with E-state index in [2.05, 4.69) is 15.5 Å². The Morgan fingerprint density at radius 3 is 3.08 bits per heavy atom. The average Bonchev–Trinajstić information content (AvgIpc) is 3.15. The maximum Gasteiger partial charge on any atom is 0.272 e. The minimum absolute atomic E-state index is 0.126. The molecule has 1 fully saturated rings. The largest absolute Gasteiger partial charge is 0.477 e.